The van der Waals surface area contributed by atoms with E-state index in [1.165, 1.54) is 0 Å². The lowest BCUT2D eigenvalue weighted by molar-refractivity contribution is 0.0953. The number of nitrogens with two attached hydrogens (primary N) is 1. The van der Waals surface area contributed by atoms with Crippen molar-refractivity contribution in [1.82, 2.24) is 5.43 Å². The maximum Gasteiger partial charge on any atom is 0.265 e. The van der Waals surface area contributed by atoms with Crippen LogP contribution in [0.1, 0.15) is 22.8 Å². The summed E-state index contributed by atoms with van der Waals surface area (Å²) in [4.78, 5) is 11.6. The van der Waals surface area contributed by atoms with E-state index in [0.29, 0.717) is 30.3 Å². The van der Waals surface area contributed by atoms with Crippen molar-refractivity contribution in [3.63, 3.8) is 0 Å². The average Bonchev–Trinajstić information content (AvgIpc) is 2.54. The minimum absolute atomic E-state index is 0.375. The van der Waals surface area contributed by atoms with E-state index in [1.54, 1.807) is 18.2 Å². The molecule has 0 radical (unpaired) electrons. The van der Waals surface area contributed by atoms with Gasteiger partial charge < -0.3 is 9.47 Å². The molecule has 5 nitrogen and oxygen atoms in total. The molecule has 0 heterocycles. The molecule has 116 valence electrons. The van der Waals surface area contributed by atoms with Crippen molar-refractivity contribution in [2.45, 2.75) is 13.5 Å². The number of hydrazine groups is 1. The first-order valence-corrected chi connectivity index (χ1v) is 7.58. The third-order valence-electron chi connectivity index (χ3n) is 2.94. The lowest BCUT2D eigenvalue weighted by Gasteiger charge is -2.13. The van der Waals surface area contributed by atoms with Crippen LogP contribution in [0.3, 0.4) is 0 Å². The van der Waals surface area contributed by atoms with Crippen LogP contribution in [0.5, 0.6) is 11.5 Å². The summed E-state index contributed by atoms with van der Waals surface area (Å²) in [5, 5.41) is 0. The van der Waals surface area contributed by atoms with Crippen LogP contribution in [0.25, 0.3) is 0 Å². The zero-order chi connectivity index (χ0) is 15.9. The van der Waals surface area contributed by atoms with E-state index in [0.717, 1.165) is 10.0 Å². The topological polar surface area (TPSA) is 73.6 Å². The van der Waals surface area contributed by atoms with E-state index in [4.69, 9.17) is 15.3 Å². The summed E-state index contributed by atoms with van der Waals surface area (Å²) < 4.78 is 12.3. The Morgan fingerprint density at radius 2 is 1.86 bits per heavy atom. The second-order valence-electron chi connectivity index (χ2n) is 4.48. The lowest BCUT2D eigenvalue weighted by Crippen LogP contribution is -2.29. The molecule has 0 aliphatic heterocycles. The quantitative estimate of drug-likeness (QED) is 0.469. The molecule has 0 bridgehead atoms. The fourth-order valence-corrected chi connectivity index (χ4v) is 2.13. The van der Waals surface area contributed by atoms with E-state index in [1.807, 2.05) is 31.2 Å². The molecule has 22 heavy (non-hydrogen) atoms. The second-order valence-corrected chi connectivity index (χ2v) is 5.40. The number of carbonyl (C=O) groups is 1. The molecule has 2 rings (SSSR count). The van der Waals surface area contributed by atoms with Crippen molar-refractivity contribution in [3.05, 3.63) is 58.1 Å². The Bertz CT molecular complexity index is 644. The normalized spacial score (nSPS) is 10.1. The first-order valence-electron chi connectivity index (χ1n) is 6.79. The van der Waals surface area contributed by atoms with Crippen LogP contribution in [0.2, 0.25) is 0 Å². The number of hydrogen-bond donors (Lipinski definition) is 2. The Balaban J connectivity index is 2.15. The molecule has 0 aromatic heterocycles. The van der Waals surface area contributed by atoms with Crippen LogP contribution in [0.15, 0.2) is 46.9 Å². The monoisotopic (exact) mass is 364 g/mol. The van der Waals surface area contributed by atoms with Gasteiger partial charge in [-0.3, -0.25) is 10.2 Å². The van der Waals surface area contributed by atoms with Gasteiger partial charge in [0.05, 0.1) is 6.61 Å². The van der Waals surface area contributed by atoms with Gasteiger partial charge in [-0.2, -0.15) is 0 Å². The van der Waals surface area contributed by atoms with Gasteiger partial charge in [-0.1, -0.05) is 28.1 Å². The molecular weight excluding hydrogens is 348 g/mol. The maximum absolute atomic E-state index is 11.6. The number of carbonyl (C=O) groups excluding carboxylic acids is 1. The molecule has 0 saturated heterocycles. The van der Waals surface area contributed by atoms with Crippen LogP contribution in [-0.4, -0.2) is 12.5 Å². The zero-order valence-electron chi connectivity index (χ0n) is 12.1. The predicted octanol–water partition coefficient (Wildman–Crippen LogP) is 3.03. The molecule has 0 aliphatic carbocycles. The van der Waals surface area contributed by atoms with E-state index in [-0.39, 0.29) is 5.91 Å². The number of rotatable bonds is 6. The van der Waals surface area contributed by atoms with Gasteiger partial charge in [-0.25, -0.2) is 5.84 Å². The summed E-state index contributed by atoms with van der Waals surface area (Å²) in [6, 6.07) is 12.8. The predicted molar refractivity (Wildman–Crippen MR) is 87.7 cm³/mol. The standard InChI is InChI=1S/C16H17BrN2O3/c1-2-21-15-9-12(16(20)19-18)5-8-14(15)22-10-11-3-6-13(17)7-4-11/h3-9H,2,10,18H2,1H3,(H,19,20). The molecule has 1 amide bonds. The van der Waals surface area contributed by atoms with E-state index < -0.39 is 0 Å². The largest absolute Gasteiger partial charge is 0.490 e. The maximum atomic E-state index is 11.6. The second kappa shape index (κ2) is 7.82. The Morgan fingerprint density at radius 3 is 2.50 bits per heavy atom. The molecule has 3 N–H and O–H groups in total. The summed E-state index contributed by atoms with van der Waals surface area (Å²) in [6.45, 7) is 2.76. The lowest BCUT2D eigenvalue weighted by atomic mass is 10.2. The number of amides is 1. The van der Waals surface area contributed by atoms with Gasteiger partial charge in [0.1, 0.15) is 6.61 Å². The average molecular weight is 365 g/mol. The van der Waals surface area contributed by atoms with Crippen molar-refractivity contribution in [2.75, 3.05) is 6.61 Å². The molecule has 0 unspecified atom stereocenters. The molecular formula is C16H17BrN2O3. The van der Waals surface area contributed by atoms with Crippen LogP contribution in [0, 0.1) is 0 Å². The van der Waals surface area contributed by atoms with Crippen molar-refractivity contribution in [3.8, 4) is 11.5 Å². The summed E-state index contributed by atoms with van der Waals surface area (Å²) >= 11 is 3.39. The molecule has 6 heteroatoms. The number of hydrogen-bond acceptors (Lipinski definition) is 4. The van der Waals surface area contributed by atoms with Gasteiger partial charge in [0, 0.05) is 10.0 Å². The van der Waals surface area contributed by atoms with Crippen molar-refractivity contribution >= 4 is 21.8 Å². The van der Waals surface area contributed by atoms with Crippen molar-refractivity contribution in [2.24, 2.45) is 5.84 Å². The third kappa shape index (κ3) is 4.22. The van der Waals surface area contributed by atoms with E-state index >= 15 is 0 Å². The number of benzene rings is 2. The molecule has 2 aromatic rings. The van der Waals surface area contributed by atoms with E-state index in [2.05, 4.69) is 21.4 Å². The Kier molecular flexibility index (Phi) is 5.80. The summed E-state index contributed by atoms with van der Waals surface area (Å²) in [5.41, 5.74) is 3.55. The Morgan fingerprint density at radius 1 is 1.14 bits per heavy atom. The minimum atomic E-state index is -0.375. The van der Waals surface area contributed by atoms with Crippen LogP contribution < -0.4 is 20.7 Å². The number of nitrogens with one attached hydrogen (secondary N) is 1. The highest BCUT2D eigenvalue weighted by Crippen LogP contribution is 2.29. The Labute approximate surface area is 137 Å². The Hall–Kier alpha value is -2.05. The smallest absolute Gasteiger partial charge is 0.265 e. The van der Waals surface area contributed by atoms with Gasteiger partial charge in [0.25, 0.3) is 5.91 Å². The number of ether oxygens (including phenoxy) is 2. The minimum Gasteiger partial charge on any atom is -0.490 e. The fourth-order valence-electron chi connectivity index (χ4n) is 1.86. The molecule has 0 saturated carbocycles. The molecule has 2 aromatic carbocycles. The van der Waals surface area contributed by atoms with Gasteiger partial charge in [0.15, 0.2) is 11.5 Å². The van der Waals surface area contributed by atoms with Gasteiger partial charge >= 0.3 is 0 Å². The van der Waals surface area contributed by atoms with Crippen LogP contribution in [-0.2, 0) is 6.61 Å². The first kappa shape index (κ1) is 16.3. The molecule has 0 aliphatic rings. The van der Waals surface area contributed by atoms with Crippen molar-refractivity contribution in [1.29, 1.82) is 0 Å². The third-order valence-corrected chi connectivity index (χ3v) is 3.47. The van der Waals surface area contributed by atoms with E-state index in [9.17, 15) is 4.79 Å². The number of halogens is 1. The number of nitrogen functional groups attached to an aromatic ring is 1. The highest BCUT2D eigenvalue weighted by atomic mass is 79.9. The SMILES string of the molecule is CCOc1cc(C(=O)NN)ccc1OCc1ccc(Br)cc1. The van der Waals surface area contributed by atoms with Crippen molar-refractivity contribution < 1.29 is 14.3 Å². The summed E-state index contributed by atoms with van der Waals surface area (Å²) in [5.74, 6) is 5.86. The molecule has 0 atom stereocenters. The highest BCUT2D eigenvalue weighted by molar-refractivity contribution is 9.10. The van der Waals surface area contributed by atoms with Gasteiger partial charge in [-0.15, -0.1) is 0 Å². The highest BCUT2D eigenvalue weighted by Gasteiger charge is 2.11. The van der Waals surface area contributed by atoms with Gasteiger partial charge in [-0.05, 0) is 42.8 Å². The van der Waals surface area contributed by atoms with Crippen LogP contribution >= 0.6 is 15.9 Å². The van der Waals surface area contributed by atoms with Gasteiger partial charge in [0.2, 0.25) is 0 Å². The molecule has 0 fully saturated rings. The first-order chi connectivity index (χ1) is 10.6. The summed E-state index contributed by atoms with van der Waals surface area (Å²) in [6.07, 6.45) is 0. The van der Waals surface area contributed by atoms with Crippen LogP contribution in [0.4, 0.5) is 0 Å². The zero-order valence-corrected chi connectivity index (χ0v) is 13.7. The molecule has 0 spiro atoms. The summed E-state index contributed by atoms with van der Waals surface area (Å²) in [7, 11) is 0. The fraction of sp³-hybridized carbons (Fsp3) is 0.188.